The molecular weight excluding hydrogens is 312 g/mol. The molecule has 25 heavy (non-hydrogen) atoms. The van der Waals surface area contributed by atoms with E-state index in [0.717, 1.165) is 42.5 Å². The van der Waals surface area contributed by atoms with E-state index in [1.807, 2.05) is 36.5 Å². The lowest BCUT2D eigenvalue weighted by Gasteiger charge is -2.33. The summed E-state index contributed by atoms with van der Waals surface area (Å²) in [7, 11) is 0. The van der Waals surface area contributed by atoms with Crippen molar-refractivity contribution in [2.75, 3.05) is 13.1 Å². The highest BCUT2D eigenvalue weighted by atomic mass is 16.2. The van der Waals surface area contributed by atoms with E-state index in [1.54, 1.807) is 6.20 Å². The number of benzene rings is 1. The Balaban J connectivity index is 1.62. The second-order valence-corrected chi connectivity index (χ2v) is 6.87. The molecule has 0 N–H and O–H groups in total. The summed E-state index contributed by atoms with van der Waals surface area (Å²) in [5, 5.41) is 1.02. The normalized spacial score (nSPS) is 17.8. The van der Waals surface area contributed by atoms with E-state index in [-0.39, 0.29) is 5.91 Å². The van der Waals surface area contributed by atoms with E-state index < -0.39 is 0 Å². The fraction of sp³-hybridized carbons (Fsp3) is 0.350. The zero-order valence-corrected chi connectivity index (χ0v) is 14.6. The van der Waals surface area contributed by atoms with Gasteiger partial charge in [-0.15, -0.1) is 0 Å². The Morgan fingerprint density at radius 2 is 2.12 bits per heavy atom. The third-order valence-corrected chi connectivity index (χ3v) is 5.02. The maximum atomic E-state index is 13.1. The number of hydrogen-bond donors (Lipinski definition) is 0. The van der Waals surface area contributed by atoms with Crippen LogP contribution in [0.15, 0.2) is 43.0 Å². The van der Waals surface area contributed by atoms with Crippen LogP contribution in [0.5, 0.6) is 0 Å². The lowest BCUT2D eigenvalue weighted by atomic mass is 10.0. The van der Waals surface area contributed by atoms with Crippen LogP contribution in [0.2, 0.25) is 0 Å². The van der Waals surface area contributed by atoms with Crippen molar-refractivity contribution < 1.29 is 4.79 Å². The minimum absolute atomic E-state index is 0.0808. The highest BCUT2D eigenvalue weighted by Gasteiger charge is 2.26. The van der Waals surface area contributed by atoms with E-state index in [1.165, 1.54) is 5.56 Å². The molecule has 5 heteroatoms. The van der Waals surface area contributed by atoms with E-state index in [9.17, 15) is 4.79 Å². The fourth-order valence-electron chi connectivity index (χ4n) is 3.63. The molecule has 4 rings (SSSR count). The second-order valence-electron chi connectivity index (χ2n) is 6.87. The quantitative estimate of drug-likeness (QED) is 0.720. The molecule has 1 saturated heterocycles. The van der Waals surface area contributed by atoms with Gasteiger partial charge in [0.1, 0.15) is 0 Å². The van der Waals surface area contributed by atoms with Crippen LogP contribution >= 0.6 is 0 Å². The molecule has 5 nitrogen and oxygen atoms in total. The molecule has 0 radical (unpaired) electrons. The standard InChI is InChI=1S/C20H22N4O/c1-14-5-6-16-11-18(15(2)22-19(16)10-14)20(25)23-8-3-4-17(12-23)24-9-7-21-13-24/h5-7,9-11,13,17H,3-4,8,12H2,1-2H3/t17-/m0/s1. The van der Waals surface area contributed by atoms with Crippen molar-refractivity contribution >= 4 is 16.8 Å². The van der Waals surface area contributed by atoms with Crippen LogP contribution in [0.1, 0.15) is 40.5 Å². The Labute approximate surface area is 147 Å². The molecule has 0 saturated carbocycles. The lowest BCUT2D eigenvalue weighted by molar-refractivity contribution is 0.0678. The second kappa shape index (κ2) is 6.31. The van der Waals surface area contributed by atoms with Gasteiger partial charge in [0.2, 0.25) is 0 Å². The van der Waals surface area contributed by atoms with Crippen molar-refractivity contribution in [3.05, 3.63) is 59.8 Å². The van der Waals surface area contributed by atoms with Gasteiger partial charge < -0.3 is 9.47 Å². The number of aryl methyl sites for hydroxylation is 2. The van der Waals surface area contributed by atoms with Crippen molar-refractivity contribution in [2.24, 2.45) is 0 Å². The van der Waals surface area contributed by atoms with Crippen LogP contribution in [0, 0.1) is 13.8 Å². The van der Waals surface area contributed by atoms with Crippen molar-refractivity contribution in [3.63, 3.8) is 0 Å². The number of hydrogen-bond acceptors (Lipinski definition) is 3. The monoisotopic (exact) mass is 334 g/mol. The number of piperidine rings is 1. The van der Waals surface area contributed by atoms with E-state index in [2.05, 4.69) is 33.6 Å². The Kier molecular flexibility index (Phi) is 3.99. The van der Waals surface area contributed by atoms with Crippen LogP contribution in [0.4, 0.5) is 0 Å². The number of amides is 1. The maximum Gasteiger partial charge on any atom is 0.255 e. The summed E-state index contributed by atoms with van der Waals surface area (Å²) >= 11 is 0. The predicted molar refractivity (Wildman–Crippen MR) is 97.6 cm³/mol. The highest BCUT2D eigenvalue weighted by molar-refractivity contribution is 5.98. The molecule has 0 unspecified atom stereocenters. The summed E-state index contributed by atoms with van der Waals surface area (Å²) in [6.07, 6.45) is 7.69. The van der Waals surface area contributed by atoms with Crippen LogP contribution in [-0.4, -0.2) is 38.4 Å². The van der Waals surface area contributed by atoms with Crippen LogP contribution in [0.25, 0.3) is 10.9 Å². The third-order valence-electron chi connectivity index (χ3n) is 5.02. The van der Waals surface area contributed by atoms with Crippen LogP contribution < -0.4 is 0 Å². The first-order valence-electron chi connectivity index (χ1n) is 8.76. The van der Waals surface area contributed by atoms with E-state index in [4.69, 9.17) is 0 Å². The van der Waals surface area contributed by atoms with Gasteiger partial charge >= 0.3 is 0 Å². The number of carbonyl (C=O) groups is 1. The number of fused-ring (bicyclic) bond motifs is 1. The molecular formula is C20H22N4O. The topological polar surface area (TPSA) is 51.0 Å². The number of pyridine rings is 1. The Morgan fingerprint density at radius 3 is 2.92 bits per heavy atom. The van der Waals surface area contributed by atoms with Crippen molar-refractivity contribution in [3.8, 4) is 0 Å². The first-order valence-corrected chi connectivity index (χ1v) is 8.76. The lowest BCUT2D eigenvalue weighted by Crippen LogP contribution is -2.40. The molecule has 1 aromatic carbocycles. The third kappa shape index (κ3) is 3.02. The Hall–Kier alpha value is -2.69. The van der Waals surface area contributed by atoms with Gasteiger partial charge in [-0.1, -0.05) is 12.1 Å². The largest absolute Gasteiger partial charge is 0.337 e. The molecule has 3 aromatic rings. The summed E-state index contributed by atoms with van der Waals surface area (Å²) in [4.78, 5) is 23.9. The summed E-state index contributed by atoms with van der Waals surface area (Å²) < 4.78 is 2.10. The Morgan fingerprint density at radius 1 is 1.24 bits per heavy atom. The van der Waals surface area contributed by atoms with E-state index >= 15 is 0 Å². The van der Waals surface area contributed by atoms with Crippen molar-refractivity contribution in [1.29, 1.82) is 0 Å². The molecule has 0 spiro atoms. The molecule has 0 aliphatic carbocycles. The summed E-state index contributed by atoms with van der Waals surface area (Å²) in [6.45, 7) is 5.50. The zero-order valence-electron chi connectivity index (χ0n) is 14.6. The maximum absolute atomic E-state index is 13.1. The average Bonchev–Trinajstić information content (AvgIpc) is 3.15. The predicted octanol–water partition coefficient (Wildman–Crippen LogP) is 3.53. The molecule has 1 aliphatic heterocycles. The summed E-state index contributed by atoms with van der Waals surface area (Å²) in [6, 6.07) is 8.45. The molecule has 0 bridgehead atoms. The first-order chi connectivity index (χ1) is 12.1. The van der Waals surface area contributed by atoms with Gasteiger partial charge in [-0.3, -0.25) is 9.78 Å². The summed E-state index contributed by atoms with van der Waals surface area (Å²) in [5.74, 6) is 0.0808. The van der Waals surface area contributed by atoms with Gasteiger partial charge in [-0.2, -0.15) is 0 Å². The number of likely N-dealkylation sites (tertiary alicyclic amines) is 1. The van der Waals surface area contributed by atoms with Crippen LogP contribution in [0.3, 0.4) is 0 Å². The van der Waals surface area contributed by atoms with Gasteiger partial charge in [0.05, 0.1) is 29.1 Å². The highest BCUT2D eigenvalue weighted by Crippen LogP contribution is 2.25. The van der Waals surface area contributed by atoms with Gasteiger partial charge in [0, 0.05) is 30.9 Å². The first kappa shape index (κ1) is 15.8. The molecule has 1 amide bonds. The van der Waals surface area contributed by atoms with Gasteiger partial charge in [0.25, 0.3) is 5.91 Å². The van der Waals surface area contributed by atoms with Crippen molar-refractivity contribution in [1.82, 2.24) is 19.4 Å². The molecule has 1 aliphatic rings. The Bertz CT molecular complexity index is 917. The molecule has 3 heterocycles. The van der Waals surface area contributed by atoms with E-state index in [0.29, 0.717) is 11.6 Å². The fourth-order valence-corrected chi connectivity index (χ4v) is 3.63. The SMILES string of the molecule is Cc1ccc2cc(C(=O)N3CCC[C@H](n4ccnc4)C3)c(C)nc2c1. The average molecular weight is 334 g/mol. The molecule has 2 aromatic heterocycles. The number of carbonyl (C=O) groups excluding carboxylic acids is 1. The van der Waals surface area contributed by atoms with Crippen LogP contribution in [-0.2, 0) is 0 Å². The number of rotatable bonds is 2. The number of aromatic nitrogens is 3. The zero-order chi connectivity index (χ0) is 17.4. The molecule has 1 atom stereocenters. The van der Waals surface area contributed by atoms with Crippen molar-refractivity contribution in [2.45, 2.75) is 32.7 Å². The molecule has 1 fully saturated rings. The smallest absolute Gasteiger partial charge is 0.255 e. The minimum atomic E-state index is 0.0808. The minimum Gasteiger partial charge on any atom is -0.337 e. The molecule has 128 valence electrons. The number of nitrogens with zero attached hydrogens (tertiary/aromatic N) is 4. The summed E-state index contributed by atoms with van der Waals surface area (Å²) in [5.41, 5.74) is 3.64. The van der Waals surface area contributed by atoms with Gasteiger partial charge in [0.15, 0.2) is 0 Å². The van der Waals surface area contributed by atoms with Gasteiger partial charge in [-0.05, 0) is 44.4 Å². The van der Waals surface area contributed by atoms with Gasteiger partial charge in [-0.25, -0.2) is 4.98 Å². The number of imidazole rings is 1.